The third-order valence-corrected chi connectivity index (χ3v) is 8.15. The fourth-order valence-electron chi connectivity index (χ4n) is 5.07. The molecule has 4 rings (SSSR count). The Hall–Kier alpha value is -4.61. The van der Waals surface area contributed by atoms with Crippen LogP contribution >= 0.6 is 11.8 Å². The largest absolute Gasteiger partial charge is 0.480 e. The van der Waals surface area contributed by atoms with Crippen LogP contribution < -0.4 is 21.7 Å². The van der Waals surface area contributed by atoms with Gasteiger partial charge in [-0.2, -0.15) is 11.8 Å². The van der Waals surface area contributed by atoms with Gasteiger partial charge in [0, 0.05) is 29.9 Å². The molecule has 236 valence electrons. The van der Waals surface area contributed by atoms with Gasteiger partial charge in [0.1, 0.15) is 18.1 Å². The van der Waals surface area contributed by atoms with E-state index in [9.17, 15) is 24.3 Å². The Morgan fingerprint density at radius 3 is 1.93 bits per heavy atom. The van der Waals surface area contributed by atoms with Gasteiger partial charge < -0.3 is 31.8 Å². The summed E-state index contributed by atoms with van der Waals surface area (Å²) in [6.07, 6.45) is 4.43. The molecule has 11 heteroatoms. The van der Waals surface area contributed by atoms with E-state index in [1.807, 2.05) is 66.9 Å². The molecule has 4 atom stereocenters. The van der Waals surface area contributed by atoms with Crippen LogP contribution in [-0.4, -0.2) is 70.0 Å². The first-order chi connectivity index (χ1) is 21.7. The number of H-pyrrole nitrogens is 1. The fourth-order valence-corrected chi connectivity index (χ4v) is 5.54. The van der Waals surface area contributed by atoms with E-state index in [0.29, 0.717) is 18.6 Å². The smallest absolute Gasteiger partial charge is 0.326 e. The molecule has 1 heterocycles. The molecule has 0 bridgehead atoms. The first kappa shape index (κ1) is 33.3. The van der Waals surface area contributed by atoms with Gasteiger partial charge >= 0.3 is 5.97 Å². The van der Waals surface area contributed by atoms with Crippen molar-refractivity contribution in [3.05, 3.63) is 108 Å². The van der Waals surface area contributed by atoms with Crippen molar-refractivity contribution in [2.24, 2.45) is 5.73 Å². The maximum atomic E-state index is 13.7. The van der Waals surface area contributed by atoms with Crippen molar-refractivity contribution in [3.8, 4) is 0 Å². The number of hydrogen-bond acceptors (Lipinski definition) is 6. The highest BCUT2D eigenvalue weighted by Crippen LogP contribution is 2.19. The predicted octanol–water partition coefficient (Wildman–Crippen LogP) is 2.82. The minimum Gasteiger partial charge on any atom is -0.480 e. The predicted molar refractivity (Wildman–Crippen MR) is 177 cm³/mol. The zero-order valence-electron chi connectivity index (χ0n) is 25.1. The van der Waals surface area contributed by atoms with E-state index < -0.39 is 47.9 Å². The molecule has 4 unspecified atom stereocenters. The third-order valence-electron chi connectivity index (χ3n) is 7.51. The molecule has 0 aliphatic heterocycles. The number of carboxylic acid groups (broad SMARTS) is 1. The van der Waals surface area contributed by atoms with Crippen molar-refractivity contribution >= 4 is 46.4 Å². The van der Waals surface area contributed by atoms with Gasteiger partial charge in [-0.3, -0.25) is 14.4 Å². The number of hydrogen-bond donors (Lipinski definition) is 6. The van der Waals surface area contributed by atoms with Crippen LogP contribution in [0.4, 0.5) is 0 Å². The van der Waals surface area contributed by atoms with Gasteiger partial charge in [0.05, 0.1) is 6.04 Å². The van der Waals surface area contributed by atoms with Gasteiger partial charge in [-0.05, 0) is 47.6 Å². The van der Waals surface area contributed by atoms with E-state index in [4.69, 9.17) is 5.73 Å². The highest BCUT2D eigenvalue weighted by atomic mass is 32.2. The van der Waals surface area contributed by atoms with Crippen LogP contribution in [-0.2, 0) is 38.4 Å². The molecule has 0 radical (unpaired) electrons. The lowest BCUT2D eigenvalue weighted by molar-refractivity contribution is -0.142. The second kappa shape index (κ2) is 16.5. The molecule has 1 aromatic heterocycles. The highest BCUT2D eigenvalue weighted by molar-refractivity contribution is 7.98. The molecule has 4 aromatic rings. The molecular weight excluding hydrogens is 590 g/mol. The zero-order chi connectivity index (χ0) is 32.2. The van der Waals surface area contributed by atoms with Crippen molar-refractivity contribution in [2.45, 2.75) is 49.9 Å². The van der Waals surface area contributed by atoms with E-state index in [1.165, 1.54) is 11.8 Å². The minimum atomic E-state index is -1.22. The minimum absolute atomic E-state index is 0.0708. The Labute approximate surface area is 266 Å². The number of carbonyl (C=O) groups excluding carboxylic acids is 3. The molecule has 0 spiro atoms. The van der Waals surface area contributed by atoms with E-state index >= 15 is 0 Å². The molecule has 0 saturated heterocycles. The Balaban J connectivity index is 1.53. The van der Waals surface area contributed by atoms with Crippen LogP contribution in [0.5, 0.6) is 0 Å². The summed E-state index contributed by atoms with van der Waals surface area (Å²) in [6.45, 7) is 0. The van der Waals surface area contributed by atoms with Gasteiger partial charge in [-0.25, -0.2) is 4.79 Å². The number of aromatic amines is 1. The highest BCUT2D eigenvalue weighted by Gasteiger charge is 2.31. The van der Waals surface area contributed by atoms with Gasteiger partial charge in [-0.15, -0.1) is 0 Å². The number of aromatic nitrogens is 1. The van der Waals surface area contributed by atoms with Crippen molar-refractivity contribution in [3.63, 3.8) is 0 Å². The summed E-state index contributed by atoms with van der Waals surface area (Å²) in [5, 5.41) is 19.0. The van der Waals surface area contributed by atoms with Crippen molar-refractivity contribution < 1.29 is 24.3 Å². The van der Waals surface area contributed by atoms with Gasteiger partial charge in [0.25, 0.3) is 0 Å². The third kappa shape index (κ3) is 9.69. The summed E-state index contributed by atoms with van der Waals surface area (Å²) in [4.78, 5) is 55.8. The summed E-state index contributed by atoms with van der Waals surface area (Å²) in [5.74, 6) is -2.30. The maximum Gasteiger partial charge on any atom is 0.326 e. The van der Waals surface area contributed by atoms with Gasteiger partial charge in [-0.1, -0.05) is 78.9 Å². The van der Waals surface area contributed by atoms with Crippen molar-refractivity contribution in [2.75, 3.05) is 12.0 Å². The first-order valence-corrected chi connectivity index (χ1v) is 16.2. The average molecular weight is 630 g/mol. The number of carboxylic acids is 1. The Morgan fingerprint density at radius 2 is 1.29 bits per heavy atom. The summed E-state index contributed by atoms with van der Waals surface area (Å²) in [7, 11) is 0. The number of amides is 3. The summed E-state index contributed by atoms with van der Waals surface area (Å²) >= 11 is 1.52. The normalized spacial score (nSPS) is 13.7. The first-order valence-electron chi connectivity index (χ1n) is 14.8. The number of benzene rings is 3. The molecule has 0 fully saturated rings. The number of nitrogens with two attached hydrogens (primary N) is 1. The molecule has 0 aliphatic rings. The molecule has 3 amide bonds. The number of thioether (sulfide) groups is 1. The second-order valence-electron chi connectivity index (χ2n) is 10.9. The number of fused-ring (bicyclic) bond motifs is 1. The number of carbonyl (C=O) groups is 4. The monoisotopic (exact) mass is 629 g/mol. The fraction of sp³-hybridized carbons (Fsp3) is 0.294. The Bertz CT molecular complexity index is 1580. The number of aliphatic carboxylic acids is 1. The second-order valence-corrected chi connectivity index (χ2v) is 11.8. The quantitative estimate of drug-likeness (QED) is 0.111. The zero-order valence-corrected chi connectivity index (χ0v) is 25.9. The van der Waals surface area contributed by atoms with E-state index in [1.54, 1.807) is 30.5 Å². The molecule has 45 heavy (non-hydrogen) atoms. The van der Waals surface area contributed by atoms with E-state index in [2.05, 4.69) is 20.9 Å². The SMILES string of the molecule is CSCCC(NC(=O)C(N)Cc1ccccc1)C(=O)NC(Cc1c[nH]c2ccccc12)C(=O)NC(Cc1ccccc1)C(=O)O. The Kier molecular flexibility index (Phi) is 12.2. The topological polar surface area (TPSA) is 166 Å². The van der Waals surface area contributed by atoms with Gasteiger partial charge in [0.2, 0.25) is 17.7 Å². The lowest BCUT2D eigenvalue weighted by atomic mass is 10.0. The number of para-hydroxylation sites is 1. The standard InChI is InChI=1S/C34H39N5O5S/c1-45-17-16-28(37-31(40)26(35)18-22-10-4-2-5-11-22)32(41)38-29(20-24-21-36-27-15-9-8-14-25(24)27)33(42)39-30(34(43)44)19-23-12-6-3-7-13-23/h2-15,21,26,28-30,36H,16-20,35H2,1H3,(H,37,40)(H,38,41)(H,39,42)(H,43,44). The van der Waals surface area contributed by atoms with Crippen LogP contribution in [0.2, 0.25) is 0 Å². The molecule has 3 aromatic carbocycles. The summed E-state index contributed by atoms with van der Waals surface area (Å²) in [5.41, 5.74) is 9.47. The maximum absolute atomic E-state index is 13.7. The lowest BCUT2D eigenvalue weighted by Gasteiger charge is -2.25. The molecular formula is C34H39N5O5S. The molecule has 7 N–H and O–H groups in total. The summed E-state index contributed by atoms with van der Waals surface area (Å²) < 4.78 is 0. The number of rotatable bonds is 16. The number of nitrogens with one attached hydrogen (secondary N) is 4. The van der Waals surface area contributed by atoms with Crippen LogP contribution in [0.1, 0.15) is 23.1 Å². The van der Waals surface area contributed by atoms with Crippen LogP contribution in [0, 0.1) is 0 Å². The average Bonchev–Trinajstić information content (AvgIpc) is 3.45. The molecule has 0 aliphatic carbocycles. The van der Waals surface area contributed by atoms with Gasteiger partial charge in [0.15, 0.2) is 0 Å². The van der Waals surface area contributed by atoms with Crippen LogP contribution in [0.3, 0.4) is 0 Å². The van der Waals surface area contributed by atoms with Crippen molar-refractivity contribution in [1.29, 1.82) is 0 Å². The summed E-state index contributed by atoms with van der Waals surface area (Å²) in [6, 6.07) is 21.7. The molecule has 0 saturated carbocycles. The van der Waals surface area contributed by atoms with Crippen LogP contribution in [0.15, 0.2) is 91.1 Å². The molecule has 10 nitrogen and oxygen atoms in total. The van der Waals surface area contributed by atoms with E-state index in [-0.39, 0.29) is 12.8 Å². The van der Waals surface area contributed by atoms with E-state index in [0.717, 1.165) is 27.6 Å². The Morgan fingerprint density at radius 1 is 0.733 bits per heavy atom. The lowest BCUT2D eigenvalue weighted by Crippen LogP contribution is -2.58. The van der Waals surface area contributed by atoms with Crippen molar-refractivity contribution in [1.82, 2.24) is 20.9 Å². The van der Waals surface area contributed by atoms with Crippen LogP contribution in [0.25, 0.3) is 10.9 Å².